The average molecular weight is 275 g/mol. The number of aromatic nitrogens is 2. The summed E-state index contributed by atoms with van der Waals surface area (Å²) in [7, 11) is 1.54. The molecule has 0 bridgehead atoms. The van der Waals surface area contributed by atoms with Gasteiger partial charge in [0.25, 0.3) is 5.91 Å². The van der Waals surface area contributed by atoms with Crippen molar-refractivity contribution in [3.63, 3.8) is 0 Å². The third kappa shape index (κ3) is 2.49. The van der Waals surface area contributed by atoms with Crippen LogP contribution < -0.4 is 4.74 Å². The van der Waals surface area contributed by atoms with Gasteiger partial charge in [-0.25, -0.2) is 0 Å². The highest BCUT2D eigenvalue weighted by Gasteiger charge is 2.38. The fourth-order valence-corrected chi connectivity index (χ4v) is 3.51. The van der Waals surface area contributed by atoms with E-state index in [0.29, 0.717) is 17.0 Å². The summed E-state index contributed by atoms with van der Waals surface area (Å²) in [4.78, 5) is 14.3. The van der Waals surface area contributed by atoms with Gasteiger partial charge < -0.3 is 9.64 Å². The Morgan fingerprint density at radius 2 is 1.85 bits per heavy atom. The van der Waals surface area contributed by atoms with Crippen molar-refractivity contribution >= 4 is 5.91 Å². The lowest BCUT2D eigenvalue weighted by Crippen LogP contribution is -2.42. The molecule has 1 saturated heterocycles. The smallest absolute Gasteiger partial charge is 0.274 e. The van der Waals surface area contributed by atoms with Crippen molar-refractivity contribution in [2.24, 2.45) is 5.41 Å². The minimum Gasteiger partial charge on any atom is -0.480 e. The first-order valence-electron chi connectivity index (χ1n) is 7.39. The molecule has 1 saturated carbocycles. The van der Waals surface area contributed by atoms with Gasteiger partial charge >= 0.3 is 0 Å². The second-order valence-electron chi connectivity index (χ2n) is 5.96. The van der Waals surface area contributed by atoms with E-state index in [2.05, 4.69) is 10.2 Å². The normalized spacial score (nSPS) is 21.1. The Morgan fingerprint density at radius 3 is 2.40 bits per heavy atom. The minimum absolute atomic E-state index is 0.00648. The van der Waals surface area contributed by atoms with E-state index >= 15 is 0 Å². The number of piperidine rings is 1. The molecule has 1 amide bonds. The maximum Gasteiger partial charge on any atom is 0.274 e. The Balaban J connectivity index is 1.63. The van der Waals surface area contributed by atoms with Crippen LogP contribution in [0.15, 0.2) is 12.1 Å². The largest absolute Gasteiger partial charge is 0.480 e. The van der Waals surface area contributed by atoms with Crippen LogP contribution in [0, 0.1) is 5.41 Å². The molecule has 1 aliphatic carbocycles. The second kappa shape index (κ2) is 5.38. The van der Waals surface area contributed by atoms with E-state index < -0.39 is 0 Å². The fraction of sp³-hybridized carbons (Fsp3) is 0.667. The summed E-state index contributed by atoms with van der Waals surface area (Å²) in [6.07, 6.45) is 7.69. The summed E-state index contributed by atoms with van der Waals surface area (Å²) >= 11 is 0. The van der Waals surface area contributed by atoms with Crippen LogP contribution in [-0.4, -0.2) is 41.2 Å². The van der Waals surface area contributed by atoms with Crippen LogP contribution in [0.1, 0.15) is 49.0 Å². The van der Waals surface area contributed by atoms with Crippen LogP contribution in [0.25, 0.3) is 0 Å². The Bertz CT molecular complexity index is 470. The van der Waals surface area contributed by atoms with Crippen LogP contribution in [0.2, 0.25) is 0 Å². The lowest BCUT2D eigenvalue weighted by atomic mass is 9.77. The molecule has 108 valence electrons. The van der Waals surface area contributed by atoms with Crippen molar-refractivity contribution in [1.82, 2.24) is 15.1 Å². The molecule has 5 heteroatoms. The molecule has 1 aromatic heterocycles. The van der Waals surface area contributed by atoms with E-state index in [4.69, 9.17) is 4.74 Å². The zero-order valence-electron chi connectivity index (χ0n) is 12.0. The number of carbonyl (C=O) groups is 1. The van der Waals surface area contributed by atoms with Crippen molar-refractivity contribution in [2.75, 3.05) is 20.2 Å². The van der Waals surface area contributed by atoms with Gasteiger partial charge in [0.1, 0.15) is 0 Å². The molecule has 5 nitrogen and oxygen atoms in total. The van der Waals surface area contributed by atoms with Gasteiger partial charge in [0, 0.05) is 19.2 Å². The molecule has 0 aromatic carbocycles. The first-order chi connectivity index (χ1) is 9.72. The summed E-state index contributed by atoms with van der Waals surface area (Å²) < 4.78 is 4.96. The van der Waals surface area contributed by atoms with Crippen LogP contribution >= 0.6 is 0 Å². The van der Waals surface area contributed by atoms with Crippen molar-refractivity contribution in [3.8, 4) is 5.88 Å². The Hall–Kier alpha value is -1.65. The number of amides is 1. The van der Waals surface area contributed by atoms with Gasteiger partial charge in [-0.2, -0.15) is 0 Å². The van der Waals surface area contributed by atoms with Crippen molar-refractivity contribution in [1.29, 1.82) is 0 Å². The van der Waals surface area contributed by atoms with Crippen LogP contribution in [-0.2, 0) is 0 Å². The van der Waals surface area contributed by atoms with Gasteiger partial charge in [-0.15, -0.1) is 10.2 Å². The summed E-state index contributed by atoms with van der Waals surface area (Å²) in [6.45, 7) is 1.71. The predicted molar refractivity (Wildman–Crippen MR) is 74.6 cm³/mol. The van der Waals surface area contributed by atoms with Crippen molar-refractivity contribution in [3.05, 3.63) is 17.8 Å². The van der Waals surface area contributed by atoms with E-state index in [1.807, 2.05) is 4.90 Å². The van der Waals surface area contributed by atoms with Gasteiger partial charge in [-0.1, -0.05) is 12.8 Å². The molecule has 2 fully saturated rings. The number of likely N-dealkylation sites (tertiary alicyclic amines) is 1. The molecular weight excluding hydrogens is 254 g/mol. The summed E-state index contributed by atoms with van der Waals surface area (Å²) in [5.74, 6) is 0.429. The second-order valence-corrected chi connectivity index (χ2v) is 5.96. The topological polar surface area (TPSA) is 55.3 Å². The molecule has 3 rings (SSSR count). The summed E-state index contributed by atoms with van der Waals surface area (Å²) in [5.41, 5.74) is 0.940. The molecule has 1 aromatic rings. The molecule has 0 atom stereocenters. The van der Waals surface area contributed by atoms with E-state index in [-0.39, 0.29) is 5.91 Å². The minimum atomic E-state index is -0.00648. The number of hydrogen-bond donors (Lipinski definition) is 0. The highest BCUT2D eigenvalue weighted by atomic mass is 16.5. The lowest BCUT2D eigenvalue weighted by Gasteiger charge is -2.39. The lowest BCUT2D eigenvalue weighted by molar-refractivity contribution is 0.0580. The van der Waals surface area contributed by atoms with Crippen LogP contribution in [0.5, 0.6) is 5.88 Å². The standard InChI is InChI=1S/C15H21N3O2/c1-20-13-5-4-12(16-17-13)14(19)18-10-8-15(9-11-18)6-2-3-7-15/h4-5H,2-3,6-11H2,1H3. The number of rotatable bonds is 2. The van der Waals surface area contributed by atoms with Crippen molar-refractivity contribution < 1.29 is 9.53 Å². The van der Waals surface area contributed by atoms with E-state index in [1.54, 1.807) is 12.1 Å². The maximum atomic E-state index is 12.4. The average Bonchev–Trinajstić information content (AvgIpc) is 2.96. The highest BCUT2D eigenvalue weighted by molar-refractivity contribution is 5.92. The molecule has 2 heterocycles. The Morgan fingerprint density at radius 1 is 1.15 bits per heavy atom. The van der Waals surface area contributed by atoms with Gasteiger partial charge in [-0.3, -0.25) is 4.79 Å². The van der Waals surface area contributed by atoms with E-state index in [1.165, 1.54) is 32.8 Å². The molecule has 2 aliphatic rings. The zero-order chi connectivity index (χ0) is 14.0. The van der Waals surface area contributed by atoms with Gasteiger partial charge in [-0.05, 0) is 37.2 Å². The number of carbonyl (C=O) groups excluding carboxylic acids is 1. The Labute approximate surface area is 119 Å². The quantitative estimate of drug-likeness (QED) is 0.831. The summed E-state index contributed by atoms with van der Waals surface area (Å²) in [6, 6.07) is 3.37. The molecule has 20 heavy (non-hydrogen) atoms. The van der Waals surface area contributed by atoms with E-state index in [0.717, 1.165) is 25.9 Å². The van der Waals surface area contributed by atoms with Crippen molar-refractivity contribution in [2.45, 2.75) is 38.5 Å². The SMILES string of the molecule is COc1ccc(C(=O)N2CCC3(CCCC3)CC2)nn1. The monoisotopic (exact) mass is 275 g/mol. The predicted octanol–water partition coefficient (Wildman–Crippen LogP) is 2.28. The molecule has 1 aliphatic heterocycles. The highest BCUT2D eigenvalue weighted by Crippen LogP contribution is 2.46. The van der Waals surface area contributed by atoms with Gasteiger partial charge in [0.2, 0.25) is 5.88 Å². The van der Waals surface area contributed by atoms with E-state index in [9.17, 15) is 4.79 Å². The van der Waals surface area contributed by atoms with Gasteiger partial charge in [0.15, 0.2) is 5.69 Å². The number of hydrogen-bond acceptors (Lipinski definition) is 4. The first kappa shape index (κ1) is 13.3. The third-order valence-electron chi connectivity index (χ3n) is 4.84. The molecule has 0 N–H and O–H groups in total. The molecule has 0 unspecified atom stereocenters. The van der Waals surface area contributed by atoms with Gasteiger partial charge in [0.05, 0.1) is 7.11 Å². The number of nitrogens with zero attached hydrogens (tertiary/aromatic N) is 3. The third-order valence-corrected chi connectivity index (χ3v) is 4.84. The van der Waals surface area contributed by atoms with Crippen LogP contribution in [0.3, 0.4) is 0 Å². The number of ether oxygens (including phenoxy) is 1. The first-order valence-corrected chi connectivity index (χ1v) is 7.39. The molecule has 0 radical (unpaired) electrons. The molecular formula is C15H21N3O2. The number of methoxy groups -OCH3 is 1. The van der Waals surface area contributed by atoms with Crippen LogP contribution in [0.4, 0.5) is 0 Å². The zero-order valence-corrected chi connectivity index (χ0v) is 12.0. The maximum absolute atomic E-state index is 12.4. The Kier molecular flexibility index (Phi) is 3.59. The molecule has 1 spiro atoms. The summed E-state index contributed by atoms with van der Waals surface area (Å²) in [5, 5.41) is 7.81. The fourth-order valence-electron chi connectivity index (χ4n) is 3.51.